The van der Waals surface area contributed by atoms with Gasteiger partial charge in [-0.2, -0.15) is 11.8 Å². The molecule has 1 heteroatoms. The van der Waals surface area contributed by atoms with Crippen LogP contribution in [0.25, 0.3) is 0 Å². The van der Waals surface area contributed by atoms with Gasteiger partial charge >= 0.3 is 0 Å². The molecule has 0 saturated carbocycles. The first kappa shape index (κ1) is 7.67. The molecule has 0 fully saturated rings. The molecule has 0 aliphatic rings. The van der Waals surface area contributed by atoms with Crippen LogP contribution < -0.4 is 0 Å². The summed E-state index contributed by atoms with van der Waals surface area (Å²) < 4.78 is 0. The van der Waals surface area contributed by atoms with E-state index in [1.807, 2.05) is 11.8 Å². The predicted molar refractivity (Wildman–Crippen MR) is 48.5 cm³/mol. The molecule has 0 unspecified atom stereocenters. The molecule has 1 aromatic carbocycles. The van der Waals surface area contributed by atoms with Crippen LogP contribution in [0.4, 0.5) is 0 Å². The van der Waals surface area contributed by atoms with Crippen molar-refractivity contribution >= 4 is 11.8 Å². The van der Waals surface area contributed by atoms with Crippen LogP contribution in [-0.4, -0.2) is 12.0 Å². The fraction of sp³-hybridized carbons (Fsp3) is 0.333. The first-order valence-corrected chi connectivity index (χ1v) is 4.86. The van der Waals surface area contributed by atoms with Crippen LogP contribution in [0.5, 0.6) is 0 Å². The van der Waals surface area contributed by atoms with Gasteiger partial charge in [-0.1, -0.05) is 30.3 Å². The van der Waals surface area contributed by atoms with Gasteiger partial charge < -0.3 is 0 Å². The van der Waals surface area contributed by atoms with E-state index in [1.165, 1.54) is 17.7 Å². The molecule has 0 bridgehead atoms. The second-order valence-corrected chi connectivity index (χ2v) is 3.21. The van der Waals surface area contributed by atoms with E-state index in [1.54, 1.807) is 0 Å². The Kier molecular flexibility index (Phi) is 3.37. The van der Waals surface area contributed by atoms with Crippen molar-refractivity contribution in [1.82, 2.24) is 0 Å². The Morgan fingerprint density at radius 2 is 1.90 bits per heavy atom. The van der Waals surface area contributed by atoms with Crippen molar-refractivity contribution in [2.75, 3.05) is 12.0 Å². The quantitative estimate of drug-likeness (QED) is 0.641. The van der Waals surface area contributed by atoms with E-state index < -0.39 is 0 Å². The Balaban J connectivity index is 2.43. The molecule has 0 nitrogen and oxygen atoms in total. The molecule has 54 valence electrons. The first-order valence-electron chi connectivity index (χ1n) is 3.46. The molecule has 0 atom stereocenters. The SMILES string of the molecule is CSCCc1ccccc1. The van der Waals surface area contributed by atoms with Crippen LogP contribution in [0.1, 0.15) is 5.56 Å². The molecule has 0 radical (unpaired) electrons. The summed E-state index contributed by atoms with van der Waals surface area (Å²) in [6.45, 7) is 0. The van der Waals surface area contributed by atoms with Crippen molar-refractivity contribution < 1.29 is 0 Å². The highest BCUT2D eigenvalue weighted by Gasteiger charge is 1.87. The van der Waals surface area contributed by atoms with Crippen LogP contribution in [0.3, 0.4) is 0 Å². The van der Waals surface area contributed by atoms with Crippen molar-refractivity contribution in [2.24, 2.45) is 0 Å². The molecular formula is C9H12S. The molecule has 10 heavy (non-hydrogen) atoms. The third-order valence-electron chi connectivity index (χ3n) is 1.44. The summed E-state index contributed by atoms with van der Waals surface area (Å²) in [6.07, 6.45) is 3.34. The average Bonchev–Trinajstić information content (AvgIpc) is 2.03. The van der Waals surface area contributed by atoms with Crippen LogP contribution >= 0.6 is 11.8 Å². The Morgan fingerprint density at radius 3 is 2.50 bits per heavy atom. The molecule has 0 N–H and O–H groups in total. The lowest BCUT2D eigenvalue weighted by Gasteiger charge is -1.96. The maximum atomic E-state index is 2.18. The summed E-state index contributed by atoms with van der Waals surface area (Å²) in [7, 11) is 0. The van der Waals surface area contributed by atoms with Gasteiger partial charge in [-0.25, -0.2) is 0 Å². The van der Waals surface area contributed by atoms with E-state index in [4.69, 9.17) is 0 Å². The lowest BCUT2D eigenvalue weighted by Crippen LogP contribution is -1.85. The molecule has 1 aromatic rings. The molecule has 1 rings (SSSR count). The lowest BCUT2D eigenvalue weighted by atomic mass is 10.2. The standard InChI is InChI=1S/C9H12S/c1-10-8-7-9-5-3-2-4-6-9/h2-6H,7-8H2,1H3. The molecule has 0 aliphatic carbocycles. The minimum Gasteiger partial charge on any atom is -0.165 e. The van der Waals surface area contributed by atoms with Gasteiger partial charge in [-0.05, 0) is 24.0 Å². The molecule has 0 saturated heterocycles. The van der Waals surface area contributed by atoms with E-state index in [0.717, 1.165) is 0 Å². The molecular weight excluding hydrogens is 140 g/mol. The van der Waals surface area contributed by atoms with Gasteiger partial charge in [0.05, 0.1) is 0 Å². The second kappa shape index (κ2) is 4.40. The summed E-state index contributed by atoms with van der Waals surface area (Å²) in [5.41, 5.74) is 1.44. The average molecular weight is 152 g/mol. The number of hydrogen-bond acceptors (Lipinski definition) is 1. The monoisotopic (exact) mass is 152 g/mol. The highest BCUT2D eigenvalue weighted by Crippen LogP contribution is 2.02. The molecule has 0 spiro atoms. The van der Waals surface area contributed by atoms with Crippen molar-refractivity contribution in [2.45, 2.75) is 6.42 Å². The number of thioether (sulfide) groups is 1. The van der Waals surface area contributed by atoms with Gasteiger partial charge in [0.2, 0.25) is 0 Å². The maximum absolute atomic E-state index is 2.18. The van der Waals surface area contributed by atoms with Crippen LogP contribution in [-0.2, 0) is 6.42 Å². The molecule has 0 aromatic heterocycles. The fourth-order valence-electron chi connectivity index (χ4n) is 0.865. The van der Waals surface area contributed by atoms with Crippen molar-refractivity contribution in [1.29, 1.82) is 0 Å². The normalized spacial score (nSPS) is 9.70. The predicted octanol–water partition coefficient (Wildman–Crippen LogP) is 2.59. The fourth-order valence-corrected chi connectivity index (χ4v) is 1.30. The van der Waals surface area contributed by atoms with E-state index >= 15 is 0 Å². The van der Waals surface area contributed by atoms with E-state index in [2.05, 4.69) is 36.6 Å². The summed E-state index contributed by atoms with van der Waals surface area (Å²) in [6, 6.07) is 10.6. The minimum atomic E-state index is 1.20. The van der Waals surface area contributed by atoms with Crippen molar-refractivity contribution in [3.05, 3.63) is 35.9 Å². The lowest BCUT2D eigenvalue weighted by molar-refractivity contribution is 1.16. The number of rotatable bonds is 3. The van der Waals surface area contributed by atoms with Crippen LogP contribution in [0, 0.1) is 0 Å². The zero-order valence-electron chi connectivity index (χ0n) is 6.21. The van der Waals surface area contributed by atoms with Crippen LogP contribution in [0.15, 0.2) is 30.3 Å². The third-order valence-corrected chi connectivity index (χ3v) is 2.05. The van der Waals surface area contributed by atoms with Gasteiger partial charge in [0.25, 0.3) is 0 Å². The Labute approximate surface area is 66.6 Å². The Hall–Kier alpha value is -0.430. The largest absolute Gasteiger partial charge is 0.165 e. The Morgan fingerprint density at radius 1 is 1.20 bits per heavy atom. The van der Waals surface area contributed by atoms with Crippen molar-refractivity contribution in [3.8, 4) is 0 Å². The third kappa shape index (κ3) is 2.44. The van der Waals surface area contributed by atoms with E-state index in [9.17, 15) is 0 Å². The highest BCUT2D eigenvalue weighted by atomic mass is 32.2. The van der Waals surface area contributed by atoms with Crippen molar-refractivity contribution in [3.63, 3.8) is 0 Å². The number of benzene rings is 1. The van der Waals surface area contributed by atoms with Gasteiger partial charge in [0, 0.05) is 0 Å². The zero-order valence-corrected chi connectivity index (χ0v) is 7.03. The summed E-state index contributed by atoms with van der Waals surface area (Å²) in [4.78, 5) is 0. The minimum absolute atomic E-state index is 1.20. The molecule has 0 heterocycles. The van der Waals surface area contributed by atoms with Gasteiger partial charge in [-0.3, -0.25) is 0 Å². The molecule has 0 aliphatic heterocycles. The summed E-state index contributed by atoms with van der Waals surface area (Å²) >= 11 is 1.90. The van der Waals surface area contributed by atoms with Gasteiger partial charge in [0.1, 0.15) is 0 Å². The second-order valence-electron chi connectivity index (χ2n) is 2.23. The zero-order chi connectivity index (χ0) is 7.23. The maximum Gasteiger partial charge on any atom is -0.00298 e. The topological polar surface area (TPSA) is 0 Å². The van der Waals surface area contributed by atoms with Crippen LogP contribution in [0.2, 0.25) is 0 Å². The summed E-state index contributed by atoms with van der Waals surface area (Å²) in [5, 5.41) is 0. The summed E-state index contributed by atoms with van der Waals surface area (Å²) in [5.74, 6) is 1.23. The van der Waals surface area contributed by atoms with Gasteiger partial charge in [-0.15, -0.1) is 0 Å². The number of hydrogen-bond donors (Lipinski definition) is 0. The van der Waals surface area contributed by atoms with E-state index in [0.29, 0.717) is 0 Å². The van der Waals surface area contributed by atoms with E-state index in [-0.39, 0.29) is 0 Å². The Bertz CT molecular complexity index is 169. The number of aryl methyl sites for hydroxylation is 1. The smallest absolute Gasteiger partial charge is 0.00298 e. The first-order chi connectivity index (χ1) is 4.93. The molecule has 0 amide bonds. The van der Waals surface area contributed by atoms with Gasteiger partial charge in [0.15, 0.2) is 0 Å². The highest BCUT2D eigenvalue weighted by molar-refractivity contribution is 7.98.